The monoisotopic (exact) mass is 299 g/mol. The lowest BCUT2D eigenvalue weighted by molar-refractivity contribution is 0.240. The highest BCUT2D eigenvalue weighted by atomic mass is 35.5. The van der Waals surface area contributed by atoms with Gasteiger partial charge in [-0.05, 0) is 25.5 Å². The second-order valence-corrected chi connectivity index (χ2v) is 5.79. The molecule has 0 unspecified atom stereocenters. The minimum atomic E-state index is -0.219. The lowest BCUT2D eigenvalue weighted by Gasteiger charge is -2.05. The van der Waals surface area contributed by atoms with Crippen molar-refractivity contribution in [1.29, 1.82) is 0 Å². The number of amides is 2. The Morgan fingerprint density at radius 2 is 2.32 bits per heavy atom. The average molecular weight is 300 g/mol. The third-order valence-corrected chi connectivity index (χ3v) is 3.68. The van der Waals surface area contributed by atoms with Gasteiger partial charge < -0.3 is 15.2 Å². The number of hydrogen-bond acceptors (Lipinski definition) is 4. The van der Waals surface area contributed by atoms with Crippen molar-refractivity contribution in [2.75, 3.05) is 6.54 Å². The molecule has 2 rings (SSSR count). The van der Waals surface area contributed by atoms with E-state index in [1.54, 1.807) is 6.07 Å². The van der Waals surface area contributed by atoms with E-state index in [-0.39, 0.29) is 6.03 Å². The summed E-state index contributed by atoms with van der Waals surface area (Å²) in [6.45, 7) is 2.73. The zero-order valence-corrected chi connectivity index (χ0v) is 12.0. The molecule has 0 saturated heterocycles. The Kier molecular flexibility index (Phi) is 4.81. The predicted octanol–water partition coefficient (Wildman–Crippen LogP) is 2.74. The first-order chi connectivity index (χ1) is 9.13. The molecule has 0 spiro atoms. The smallest absolute Gasteiger partial charge is 0.315 e. The minimum absolute atomic E-state index is 0.219. The second-order valence-electron chi connectivity index (χ2n) is 3.99. The number of urea groups is 1. The number of rotatable bonds is 5. The summed E-state index contributed by atoms with van der Waals surface area (Å²) in [5, 5.41) is 9.27. The number of nitrogens with one attached hydrogen (secondary N) is 2. The fourth-order valence-corrected chi connectivity index (χ4v) is 2.61. The van der Waals surface area contributed by atoms with Gasteiger partial charge in [0, 0.05) is 17.5 Å². The Labute approximate surface area is 119 Å². The van der Waals surface area contributed by atoms with Crippen molar-refractivity contribution >= 4 is 29.0 Å². The predicted molar refractivity (Wildman–Crippen MR) is 74.5 cm³/mol. The Balaban J connectivity index is 1.64. The molecule has 0 fully saturated rings. The van der Waals surface area contributed by atoms with Crippen LogP contribution in [0.1, 0.15) is 16.3 Å². The van der Waals surface area contributed by atoms with Crippen LogP contribution in [-0.2, 0) is 13.0 Å². The molecule has 0 bridgehead atoms. The first kappa shape index (κ1) is 13.9. The Hall–Kier alpha value is -1.53. The molecule has 0 aliphatic heterocycles. The van der Waals surface area contributed by atoms with Crippen molar-refractivity contribution in [3.8, 4) is 0 Å². The van der Waals surface area contributed by atoms with Crippen LogP contribution in [0.3, 0.4) is 0 Å². The van der Waals surface area contributed by atoms with Gasteiger partial charge in [0.15, 0.2) is 0 Å². The molecule has 2 N–H and O–H groups in total. The summed E-state index contributed by atoms with van der Waals surface area (Å²) in [6.07, 6.45) is 0.772. The van der Waals surface area contributed by atoms with Gasteiger partial charge in [-0.25, -0.2) is 4.79 Å². The van der Waals surface area contributed by atoms with Crippen LogP contribution < -0.4 is 10.6 Å². The topological polar surface area (TPSA) is 67.2 Å². The van der Waals surface area contributed by atoms with E-state index in [0.717, 1.165) is 21.4 Å². The first-order valence-electron chi connectivity index (χ1n) is 5.81. The lowest BCUT2D eigenvalue weighted by Crippen LogP contribution is -2.36. The van der Waals surface area contributed by atoms with Gasteiger partial charge in [0.25, 0.3) is 0 Å². The highest BCUT2D eigenvalue weighted by Crippen LogP contribution is 2.21. The van der Waals surface area contributed by atoms with E-state index in [2.05, 4.69) is 15.8 Å². The maximum atomic E-state index is 11.5. The van der Waals surface area contributed by atoms with Crippen molar-refractivity contribution in [2.45, 2.75) is 19.9 Å². The van der Waals surface area contributed by atoms with Crippen molar-refractivity contribution in [2.24, 2.45) is 0 Å². The molecular weight excluding hydrogens is 286 g/mol. The Bertz CT molecular complexity index is 553. The number of nitrogens with zero attached hydrogens (tertiary/aromatic N) is 1. The lowest BCUT2D eigenvalue weighted by atomic mass is 10.3. The van der Waals surface area contributed by atoms with Gasteiger partial charge in [-0.15, -0.1) is 11.3 Å². The second kappa shape index (κ2) is 6.58. The van der Waals surface area contributed by atoms with E-state index >= 15 is 0 Å². The van der Waals surface area contributed by atoms with Gasteiger partial charge in [0.05, 0.1) is 10.9 Å². The van der Waals surface area contributed by atoms with Crippen LogP contribution >= 0.6 is 22.9 Å². The SMILES string of the molecule is Cc1cc(CNC(=O)NCCc2ccc(Cl)s2)no1. The van der Waals surface area contributed by atoms with Crippen LogP contribution in [0.5, 0.6) is 0 Å². The van der Waals surface area contributed by atoms with Crippen LogP contribution in [0, 0.1) is 6.92 Å². The van der Waals surface area contributed by atoms with E-state index in [4.69, 9.17) is 16.1 Å². The third kappa shape index (κ3) is 4.57. The van der Waals surface area contributed by atoms with Gasteiger partial charge in [-0.2, -0.15) is 0 Å². The molecule has 0 aliphatic rings. The maximum absolute atomic E-state index is 11.5. The number of aryl methyl sites for hydroxylation is 1. The average Bonchev–Trinajstić information content (AvgIpc) is 2.96. The molecular formula is C12H14ClN3O2S. The van der Waals surface area contributed by atoms with E-state index < -0.39 is 0 Å². The van der Waals surface area contributed by atoms with Crippen molar-refractivity contribution in [3.63, 3.8) is 0 Å². The standard InChI is InChI=1S/C12H14ClN3O2S/c1-8-6-9(16-18-8)7-15-12(17)14-5-4-10-2-3-11(13)19-10/h2-3,6H,4-5,7H2,1H3,(H2,14,15,17). The van der Waals surface area contributed by atoms with Crippen LogP contribution in [0.2, 0.25) is 4.34 Å². The van der Waals surface area contributed by atoms with Gasteiger partial charge in [0.1, 0.15) is 11.5 Å². The number of hydrogen-bond donors (Lipinski definition) is 2. The van der Waals surface area contributed by atoms with E-state index in [1.165, 1.54) is 11.3 Å². The van der Waals surface area contributed by atoms with Gasteiger partial charge in [-0.3, -0.25) is 0 Å². The Morgan fingerprint density at radius 1 is 1.47 bits per heavy atom. The molecule has 7 heteroatoms. The minimum Gasteiger partial charge on any atom is -0.361 e. The molecule has 0 atom stereocenters. The van der Waals surface area contributed by atoms with Crippen LogP contribution in [-0.4, -0.2) is 17.7 Å². The number of aromatic nitrogens is 1. The molecule has 0 aliphatic carbocycles. The van der Waals surface area contributed by atoms with E-state index in [9.17, 15) is 4.79 Å². The van der Waals surface area contributed by atoms with Crippen LogP contribution in [0.25, 0.3) is 0 Å². The highest BCUT2D eigenvalue weighted by Gasteiger charge is 2.04. The molecule has 2 heterocycles. The summed E-state index contributed by atoms with van der Waals surface area (Å²) in [7, 11) is 0. The summed E-state index contributed by atoms with van der Waals surface area (Å²) >= 11 is 7.35. The number of halogens is 1. The number of carbonyl (C=O) groups excluding carboxylic acids is 1. The van der Waals surface area contributed by atoms with Gasteiger partial charge in [0.2, 0.25) is 0 Å². The molecule has 2 aromatic heterocycles. The largest absolute Gasteiger partial charge is 0.361 e. The number of carbonyl (C=O) groups is 1. The summed E-state index contributed by atoms with van der Waals surface area (Å²) in [5.41, 5.74) is 0.706. The fourth-order valence-electron chi connectivity index (χ4n) is 1.52. The fraction of sp³-hybridized carbons (Fsp3) is 0.333. The normalized spacial score (nSPS) is 10.4. The van der Waals surface area contributed by atoms with Gasteiger partial charge in [-0.1, -0.05) is 16.8 Å². The molecule has 0 aromatic carbocycles. The molecule has 2 aromatic rings. The molecule has 2 amide bonds. The summed E-state index contributed by atoms with van der Waals surface area (Å²) in [6, 6.07) is 5.39. The Morgan fingerprint density at radius 3 is 2.95 bits per heavy atom. The zero-order chi connectivity index (χ0) is 13.7. The quantitative estimate of drug-likeness (QED) is 0.892. The summed E-state index contributed by atoms with van der Waals surface area (Å²) in [4.78, 5) is 12.7. The van der Waals surface area contributed by atoms with Crippen molar-refractivity contribution < 1.29 is 9.32 Å². The van der Waals surface area contributed by atoms with E-state index in [1.807, 2.05) is 19.1 Å². The summed E-state index contributed by atoms with van der Waals surface area (Å²) < 4.78 is 5.67. The summed E-state index contributed by atoms with van der Waals surface area (Å²) in [5.74, 6) is 0.729. The molecule has 0 saturated carbocycles. The van der Waals surface area contributed by atoms with Gasteiger partial charge >= 0.3 is 6.03 Å². The zero-order valence-electron chi connectivity index (χ0n) is 10.4. The van der Waals surface area contributed by atoms with Crippen molar-refractivity contribution in [3.05, 3.63) is 38.9 Å². The van der Waals surface area contributed by atoms with E-state index in [0.29, 0.717) is 18.8 Å². The number of thiophene rings is 1. The molecule has 19 heavy (non-hydrogen) atoms. The first-order valence-corrected chi connectivity index (χ1v) is 7.01. The highest BCUT2D eigenvalue weighted by molar-refractivity contribution is 7.16. The molecule has 102 valence electrons. The molecule has 0 radical (unpaired) electrons. The maximum Gasteiger partial charge on any atom is 0.315 e. The molecule has 5 nitrogen and oxygen atoms in total. The third-order valence-electron chi connectivity index (χ3n) is 2.39. The van der Waals surface area contributed by atoms with Crippen LogP contribution in [0.4, 0.5) is 4.79 Å². The van der Waals surface area contributed by atoms with Crippen LogP contribution in [0.15, 0.2) is 22.7 Å². The van der Waals surface area contributed by atoms with Crippen molar-refractivity contribution in [1.82, 2.24) is 15.8 Å².